The van der Waals surface area contributed by atoms with Crippen molar-refractivity contribution in [2.45, 2.75) is 17.2 Å². The van der Waals surface area contributed by atoms with Gasteiger partial charge in [-0.1, -0.05) is 23.8 Å². The number of nitrogens with zero attached hydrogens (tertiary/aromatic N) is 3. The summed E-state index contributed by atoms with van der Waals surface area (Å²) in [7, 11) is 0. The van der Waals surface area contributed by atoms with E-state index in [-0.39, 0.29) is 17.7 Å². The molecule has 1 atom stereocenters. The van der Waals surface area contributed by atoms with Crippen molar-refractivity contribution in [3.05, 3.63) is 18.1 Å². The number of oxime groups is 1. The molecule has 0 saturated heterocycles. The van der Waals surface area contributed by atoms with Gasteiger partial charge in [0.05, 0.1) is 6.61 Å². The first-order valence-corrected chi connectivity index (χ1v) is 5.13. The monoisotopic (exact) mass is 228 g/mol. The number of nitrogens with two attached hydrogens (primary N) is 1. The summed E-state index contributed by atoms with van der Waals surface area (Å²) in [4.78, 5) is 8.01. The quantitative estimate of drug-likeness (QED) is 0.221. The van der Waals surface area contributed by atoms with E-state index in [1.165, 1.54) is 24.2 Å². The topological polar surface area (TPSA) is 105 Å². The fraction of sp³-hybridized carbons (Fsp3) is 0.375. The standard InChI is InChI=1S/C8H12N4O2S/c1-5(4-13)15-8-6(7(9)12-14)10-2-3-11-8/h2-3,5,13-14H,4H2,1H3,(H2,9,12). The van der Waals surface area contributed by atoms with E-state index >= 15 is 0 Å². The summed E-state index contributed by atoms with van der Waals surface area (Å²) in [5.74, 6) is -0.0873. The Kier molecular flexibility index (Phi) is 4.32. The zero-order valence-corrected chi connectivity index (χ0v) is 8.98. The first-order chi connectivity index (χ1) is 7.19. The Morgan fingerprint density at radius 1 is 1.60 bits per heavy atom. The van der Waals surface area contributed by atoms with Crippen molar-refractivity contribution in [3.63, 3.8) is 0 Å². The third kappa shape index (κ3) is 3.07. The van der Waals surface area contributed by atoms with E-state index in [4.69, 9.17) is 16.0 Å². The maximum Gasteiger partial charge on any atom is 0.191 e. The van der Waals surface area contributed by atoms with Gasteiger partial charge in [-0.3, -0.25) is 0 Å². The van der Waals surface area contributed by atoms with Crippen LogP contribution in [-0.2, 0) is 0 Å². The Bertz CT molecular complexity index is 358. The summed E-state index contributed by atoms with van der Waals surface area (Å²) in [6.45, 7) is 1.87. The molecule has 0 aliphatic rings. The molecule has 0 aromatic carbocycles. The lowest BCUT2D eigenvalue weighted by molar-refractivity contribution is 0.300. The number of aliphatic hydroxyl groups is 1. The van der Waals surface area contributed by atoms with E-state index in [9.17, 15) is 0 Å². The van der Waals surface area contributed by atoms with E-state index in [2.05, 4.69) is 15.1 Å². The van der Waals surface area contributed by atoms with E-state index in [0.29, 0.717) is 10.7 Å². The van der Waals surface area contributed by atoms with Gasteiger partial charge in [-0.25, -0.2) is 9.97 Å². The average molecular weight is 228 g/mol. The molecule has 1 unspecified atom stereocenters. The lowest BCUT2D eigenvalue weighted by atomic mass is 10.4. The Labute approximate surface area is 91.2 Å². The molecular weight excluding hydrogens is 216 g/mol. The van der Waals surface area contributed by atoms with Crippen LogP contribution in [0.3, 0.4) is 0 Å². The van der Waals surface area contributed by atoms with Crippen molar-refractivity contribution in [2.75, 3.05) is 6.61 Å². The van der Waals surface area contributed by atoms with Crippen molar-refractivity contribution in [2.24, 2.45) is 10.9 Å². The average Bonchev–Trinajstić information content (AvgIpc) is 2.28. The Morgan fingerprint density at radius 3 is 2.87 bits per heavy atom. The first kappa shape index (κ1) is 11.7. The molecule has 4 N–H and O–H groups in total. The van der Waals surface area contributed by atoms with Crippen molar-refractivity contribution in [1.82, 2.24) is 9.97 Å². The predicted octanol–water partition coefficient (Wildman–Crippen LogP) is 0.0440. The third-order valence-corrected chi connectivity index (χ3v) is 2.66. The van der Waals surface area contributed by atoms with E-state index in [1.807, 2.05) is 6.92 Å². The van der Waals surface area contributed by atoms with Gasteiger partial charge >= 0.3 is 0 Å². The zero-order chi connectivity index (χ0) is 11.3. The molecule has 1 heterocycles. The van der Waals surface area contributed by atoms with Gasteiger partial charge in [-0.15, -0.1) is 0 Å². The largest absolute Gasteiger partial charge is 0.409 e. The highest BCUT2D eigenvalue weighted by Gasteiger charge is 2.13. The van der Waals surface area contributed by atoms with Crippen LogP contribution >= 0.6 is 11.8 Å². The second-order valence-corrected chi connectivity index (χ2v) is 4.23. The summed E-state index contributed by atoms with van der Waals surface area (Å²) in [6.07, 6.45) is 2.97. The van der Waals surface area contributed by atoms with Gasteiger partial charge in [0.2, 0.25) is 0 Å². The van der Waals surface area contributed by atoms with Crippen molar-refractivity contribution in [1.29, 1.82) is 0 Å². The van der Waals surface area contributed by atoms with Crippen LogP contribution < -0.4 is 5.73 Å². The van der Waals surface area contributed by atoms with Crippen LogP contribution in [0.25, 0.3) is 0 Å². The molecule has 6 nitrogen and oxygen atoms in total. The van der Waals surface area contributed by atoms with Crippen molar-refractivity contribution in [3.8, 4) is 0 Å². The highest BCUT2D eigenvalue weighted by molar-refractivity contribution is 7.99. The first-order valence-electron chi connectivity index (χ1n) is 4.25. The summed E-state index contributed by atoms with van der Waals surface area (Å²) in [5, 5.41) is 20.8. The van der Waals surface area contributed by atoms with E-state index in [1.54, 1.807) is 0 Å². The van der Waals surface area contributed by atoms with Crippen LogP contribution in [0, 0.1) is 0 Å². The maximum absolute atomic E-state index is 8.90. The van der Waals surface area contributed by atoms with Gasteiger partial charge in [0, 0.05) is 17.6 Å². The maximum atomic E-state index is 8.90. The predicted molar refractivity (Wildman–Crippen MR) is 56.9 cm³/mol. The molecule has 1 rings (SSSR count). The molecule has 0 radical (unpaired) electrons. The number of rotatable bonds is 4. The van der Waals surface area contributed by atoms with Crippen LogP contribution in [0.2, 0.25) is 0 Å². The second kappa shape index (κ2) is 5.52. The van der Waals surface area contributed by atoms with Crippen LogP contribution in [0.15, 0.2) is 22.6 Å². The minimum Gasteiger partial charge on any atom is -0.409 e. The zero-order valence-electron chi connectivity index (χ0n) is 8.16. The highest BCUT2D eigenvalue weighted by Crippen LogP contribution is 2.22. The van der Waals surface area contributed by atoms with E-state index in [0.717, 1.165) is 0 Å². The Balaban J connectivity index is 2.96. The smallest absolute Gasteiger partial charge is 0.191 e. The lowest BCUT2D eigenvalue weighted by Gasteiger charge is -2.08. The molecule has 0 spiro atoms. The summed E-state index contributed by atoms with van der Waals surface area (Å²) < 4.78 is 0. The van der Waals surface area contributed by atoms with Gasteiger partial charge in [0.25, 0.3) is 0 Å². The Hall–Kier alpha value is -1.34. The molecule has 0 saturated carbocycles. The normalized spacial score (nSPS) is 13.9. The molecule has 82 valence electrons. The summed E-state index contributed by atoms with van der Waals surface area (Å²) >= 11 is 1.32. The molecular formula is C8H12N4O2S. The summed E-state index contributed by atoms with van der Waals surface area (Å²) in [6, 6.07) is 0. The number of hydrogen-bond acceptors (Lipinski definition) is 6. The van der Waals surface area contributed by atoms with E-state index < -0.39 is 0 Å². The molecule has 15 heavy (non-hydrogen) atoms. The molecule has 0 aliphatic heterocycles. The van der Waals surface area contributed by atoms with Gasteiger partial charge in [0.1, 0.15) is 10.7 Å². The van der Waals surface area contributed by atoms with Crippen LogP contribution in [-0.4, -0.2) is 38.0 Å². The number of amidine groups is 1. The molecule has 1 aromatic heterocycles. The van der Waals surface area contributed by atoms with Crippen LogP contribution in [0.4, 0.5) is 0 Å². The minimum absolute atomic E-state index is 0.0213. The lowest BCUT2D eigenvalue weighted by Crippen LogP contribution is -2.17. The van der Waals surface area contributed by atoms with Crippen LogP contribution in [0.1, 0.15) is 12.6 Å². The number of aliphatic hydroxyl groups excluding tert-OH is 1. The van der Waals surface area contributed by atoms with Crippen molar-refractivity contribution >= 4 is 17.6 Å². The second-order valence-electron chi connectivity index (χ2n) is 2.81. The molecule has 0 bridgehead atoms. The van der Waals surface area contributed by atoms with Crippen LogP contribution in [0.5, 0.6) is 0 Å². The number of aromatic nitrogens is 2. The van der Waals surface area contributed by atoms with Crippen molar-refractivity contribution < 1.29 is 10.3 Å². The fourth-order valence-electron chi connectivity index (χ4n) is 0.862. The summed E-state index contributed by atoms with van der Waals surface area (Å²) in [5.41, 5.74) is 5.76. The van der Waals surface area contributed by atoms with Gasteiger partial charge in [-0.05, 0) is 0 Å². The molecule has 0 fully saturated rings. The molecule has 0 amide bonds. The number of hydrogen-bond donors (Lipinski definition) is 3. The third-order valence-electron chi connectivity index (χ3n) is 1.58. The highest BCUT2D eigenvalue weighted by atomic mass is 32.2. The van der Waals surface area contributed by atoms with Gasteiger partial charge in [-0.2, -0.15) is 0 Å². The number of thioether (sulfide) groups is 1. The Morgan fingerprint density at radius 2 is 2.27 bits per heavy atom. The molecule has 7 heteroatoms. The minimum atomic E-state index is -0.0873. The SMILES string of the molecule is CC(CO)Sc1nccnc1C(N)=NO. The van der Waals surface area contributed by atoms with Gasteiger partial charge in [0.15, 0.2) is 5.84 Å². The fourth-order valence-corrected chi connectivity index (χ4v) is 1.71. The molecule has 0 aliphatic carbocycles. The van der Waals surface area contributed by atoms with Gasteiger partial charge < -0.3 is 16.0 Å². The molecule has 1 aromatic rings.